The van der Waals surface area contributed by atoms with Crippen molar-refractivity contribution in [3.05, 3.63) is 205 Å². The molecule has 0 radical (unpaired) electrons. The van der Waals surface area contributed by atoms with Crippen molar-refractivity contribution in [3.8, 4) is 78.4 Å². The van der Waals surface area contributed by atoms with Crippen molar-refractivity contribution in [2.45, 2.75) is 19.3 Å². The molecule has 2 nitrogen and oxygen atoms in total. The van der Waals surface area contributed by atoms with E-state index in [-0.39, 0.29) is 5.41 Å². The van der Waals surface area contributed by atoms with Gasteiger partial charge in [0.1, 0.15) is 0 Å². The Labute approximate surface area is 322 Å². The van der Waals surface area contributed by atoms with Crippen molar-refractivity contribution in [2.75, 3.05) is 0 Å². The van der Waals surface area contributed by atoms with E-state index in [1.165, 1.54) is 60.8 Å². The summed E-state index contributed by atoms with van der Waals surface area (Å²) in [7, 11) is 0. The van der Waals surface area contributed by atoms with E-state index in [1.54, 1.807) is 0 Å². The van der Waals surface area contributed by atoms with Crippen LogP contribution < -0.4 is 0 Å². The summed E-state index contributed by atoms with van der Waals surface area (Å²) in [5.41, 5.74) is 17.5. The third-order valence-electron chi connectivity index (χ3n) is 11.3. The summed E-state index contributed by atoms with van der Waals surface area (Å²) in [5.74, 6) is 0.711. The fourth-order valence-corrected chi connectivity index (χ4v) is 8.52. The second-order valence-corrected chi connectivity index (χ2v) is 15.0. The number of fused-ring (bicyclic) bond motifs is 5. The highest BCUT2D eigenvalue weighted by molar-refractivity contribution is 6.01. The van der Waals surface area contributed by atoms with Crippen LogP contribution in [-0.4, -0.2) is 9.97 Å². The van der Waals surface area contributed by atoms with Crippen molar-refractivity contribution in [2.24, 2.45) is 0 Å². The summed E-state index contributed by atoms with van der Waals surface area (Å²) in [6, 6.07) is 69.5. The van der Waals surface area contributed by atoms with Gasteiger partial charge in [0, 0.05) is 22.1 Å². The van der Waals surface area contributed by atoms with Crippen molar-refractivity contribution in [3.63, 3.8) is 0 Å². The molecule has 0 spiro atoms. The van der Waals surface area contributed by atoms with E-state index in [0.29, 0.717) is 5.82 Å². The molecule has 0 bridgehead atoms. The number of aromatic nitrogens is 2. The van der Waals surface area contributed by atoms with E-state index in [1.807, 2.05) is 24.3 Å². The largest absolute Gasteiger partial charge is 0.228 e. The van der Waals surface area contributed by atoms with Gasteiger partial charge in [-0.25, -0.2) is 9.97 Å². The molecule has 9 aromatic rings. The average Bonchev–Trinajstić information content (AvgIpc) is 3.50. The molecule has 0 saturated heterocycles. The topological polar surface area (TPSA) is 25.8 Å². The lowest BCUT2D eigenvalue weighted by molar-refractivity contribution is 0.666. The Balaban J connectivity index is 1.01. The van der Waals surface area contributed by atoms with Crippen LogP contribution in [0.4, 0.5) is 0 Å². The quantitative estimate of drug-likeness (QED) is 0.172. The Hall–Kier alpha value is -6.90. The minimum atomic E-state index is -0.0885. The summed E-state index contributed by atoms with van der Waals surface area (Å²) >= 11 is 0. The first kappa shape index (κ1) is 32.7. The molecule has 0 amide bonds. The van der Waals surface area contributed by atoms with Crippen LogP contribution in [-0.2, 0) is 5.41 Å². The van der Waals surface area contributed by atoms with Crippen LogP contribution in [0.15, 0.2) is 194 Å². The zero-order chi connectivity index (χ0) is 36.9. The molecule has 8 aromatic carbocycles. The molecule has 0 aliphatic heterocycles. The van der Waals surface area contributed by atoms with Gasteiger partial charge in [0.2, 0.25) is 0 Å². The molecule has 0 unspecified atom stereocenters. The number of hydrogen-bond acceptors (Lipinski definition) is 2. The lowest BCUT2D eigenvalue weighted by Gasteiger charge is -2.23. The molecule has 0 N–H and O–H groups in total. The van der Waals surface area contributed by atoms with Gasteiger partial charge in [0.25, 0.3) is 0 Å². The maximum atomic E-state index is 5.12. The Morgan fingerprint density at radius 2 is 0.909 bits per heavy atom. The van der Waals surface area contributed by atoms with Crippen LogP contribution in [0.3, 0.4) is 0 Å². The lowest BCUT2D eigenvalue weighted by Crippen LogP contribution is -2.15. The molecular weight excluding hydrogens is 665 g/mol. The van der Waals surface area contributed by atoms with Gasteiger partial charge >= 0.3 is 0 Å². The predicted molar refractivity (Wildman–Crippen MR) is 230 cm³/mol. The van der Waals surface area contributed by atoms with Crippen LogP contribution >= 0.6 is 0 Å². The van der Waals surface area contributed by atoms with Crippen LogP contribution in [0.1, 0.15) is 25.0 Å². The standard InChI is InChI=1S/C53H38N2/c1-53(2)47-22-12-21-44(50(47)46-32-31-38-15-9-10-20-45(38)51(46)53)39-27-23-37(24-28-39)42-18-11-19-43(33-42)49-34-48(54-52(55-49)41-16-7-4-8-17-41)40-29-25-36(26-30-40)35-13-5-3-6-14-35/h3-34H,1-2H3. The highest BCUT2D eigenvalue weighted by Gasteiger charge is 2.38. The van der Waals surface area contributed by atoms with Crippen LogP contribution in [0, 0.1) is 0 Å². The molecule has 55 heavy (non-hydrogen) atoms. The molecule has 10 rings (SSSR count). The summed E-state index contributed by atoms with van der Waals surface area (Å²) in [6.45, 7) is 4.74. The van der Waals surface area contributed by atoms with Crippen molar-refractivity contribution in [1.82, 2.24) is 9.97 Å². The Kier molecular flexibility index (Phi) is 7.85. The zero-order valence-electron chi connectivity index (χ0n) is 30.9. The van der Waals surface area contributed by atoms with Crippen molar-refractivity contribution >= 4 is 10.8 Å². The lowest BCUT2D eigenvalue weighted by atomic mass is 9.80. The third-order valence-corrected chi connectivity index (χ3v) is 11.3. The van der Waals surface area contributed by atoms with Crippen LogP contribution in [0.25, 0.3) is 89.2 Å². The highest BCUT2D eigenvalue weighted by Crippen LogP contribution is 2.54. The van der Waals surface area contributed by atoms with Gasteiger partial charge in [-0.2, -0.15) is 0 Å². The first-order valence-corrected chi connectivity index (χ1v) is 19.0. The normalized spacial score (nSPS) is 12.7. The smallest absolute Gasteiger partial charge is 0.160 e. The molecular formula is C53H38N2. The number of benzene rings is 8. The Bertz CT molecular complexity index is 2850. The fraction of sp³-hybridized carbons (Fsp3) is 0.0566. The molecule has 0 saturated carbocycles. The number of rotatable bonds is 6. The highest BCUT2D eigenvalue weighted by atomic mass is 14.9. The molecule has 1 heterocycles. The van der Waals surface area contributed by atoms with Crippen molar-refractivity contribution in [1.29, 1.82) is 0 Å². The minimum absolute atomic E-state index is 0.0885. The number of nitrogens with zero attached hydrogens (tertiary/aromatic N) is 2. The third kappa shape index (κ3) is 5.75. The van der Waals surface area contributed by atoms with Crippen molar-refractivity contribution < 1.29 is 0 Å². The summed E-state index contributed by atoms with van der Waals surface area (Å²) < 4.78 is 0. The SMILES string of the molecule is CC1(C)c2cccc(-c3ccc(-c4cccc(-c5cc(-c6ccc(-c7ccccc7)cc6)nc(-c6ccccc6)n5)c4)cc3)c2-c2ccc3ccccc3c21. The first-order valence-electron chi connectivity index (χ1n) is 19.0. The van der Waals surface area contributed by atoms with Crippen LogP contribution in [0.5, 0.6) is 0 Å². The summed E-state index contributed by atoms with van der Waals surface area (Å²) in [4.78, 5) is 10.2. The van der Waals surface area contributed by atoms with Gasteiger partial charge in [-0.15, -0.1) is 0 Å². The second-order valence-electron chi connectivity index (χ2n) is 15.0. The molecule has 260 valence electrons. The van der Waals surface area contributed by atoms with E-state index in [2.05, 4.69) is 184 Å². The van der Waals surface area contributed by atoms with Gasteiger partial charge in [0.05, 0.1) is 11.4 Å². The predicted octanol–water partition coefficient (Wildman–Crippen LogP) is 13.9. The van der Waals surface area contributed by atoms with E-state index in [9.17, 15) is 0 Å². The molecule has 1 aliphatic rings. The fourth-order valence-electron chi connectivity index (χ4n) is 8.52. The van der Waals surface area contributed by atoms with Gasteiger partial charge in [-0.1, -0.05) is 196 Å². The first-order chi connectivity index (χ1) is 27.0. The zero-order valence-corrected chi connectivity index (χ0v) is 30.9. The summed E-state index contributed by atoms with van der Waals surface area (Å²) in [6.07, 6.45) is 0. The molecule has 0 fully saturated rings. The maximum absolute atomic E-state index is 5.12. The molecule has 1 aromatic heterocycles. The van der Waals surface area contributed by atoms with Crippen LogP contribution in [0.2, 0.25) is 0 Å². The monoisotopic (exact) mass is 702 g/mol. The average molecular weight is 703 g/mol. The Morgan fingerprint density at radius 1 is 0.364 bits per heavy atom. The summed E-state index contributed by atoms with van der Waals surface area (Å²) in [5, 5.41) is 2.64. The van der Waals surface area contributed by atoms with Gasteiger partial charge in [-0.05, 0) is 78.5 Å². The maximum Gasteiger partial charge on any atom is 0.160 e. The van der Waals surface area contributed by atoms with Gasteiger partial charge in [-0.3, -0.25) is 0 Å². The van der Waals surface area contributed by atoms with Gasteiger partial charge < -0.3 is 0 Å². The Morgan fingerprint density at radius 3 is 1.65 bits per heavy atom. The minimum Gasteiger partial charge on any atom is -0.228 e. The second kappa shape index (κ2) is 13.2. The van der Waals surface area contributed by atoms with E-state index < -0.39 is 0 Å². The molecule has 2 heteroatoms. The number of hydrogen-bond donors (Lipinski definition) is 0. The van der Waals surface area contributed by atoms with Gasteiger partial charge in [0.15, 0.2) is 5.82 Å². The van der Waals surface area contributed by atoms with E-state index in [4.69, 9.17) is 9.97 Å². The molecule has 0 atom stereocenters. The van der Waals surface area contributed by atoms with E-state index in [0.717, 1.165) is 33.6 Å². The molecule has 1 aliphatic carbocycles. The van der Waals surface area contributed by atoms with E-state index >= 15 is 0 Å².